The van der Waals surface area contributed by atoms with Gasteiger partial charge in [-0.3, -0.25) is 4.79 Å². The SMILES string of the molecule is COC(=O)C1CCCCN1C(=O)c1cccn1CC(F)F. The van der Waals surface area contributed by atoms with Crippen molar-refractivity contribution in [2.75, 3.05) is 13.7 Å². The van der Waals surface area contributed by atoms with Crippen LogP contribution in [0, 0.1) is 0 Å². The maximum atomic E-state index is 12.5. The molecule has 0 saturated carbocycles. The highest BCUT2D eigenvalue weighted by atomic mass is 19.3. The first-order valence-corrected chi connectivity index (χ1v) is 6.86. The zero-order chi connectivity index (χ0) is 15.4. The number of likely N-dealkylation sites (tertiary alicyclic amines) is 1. The molecule has 1 aromatic heterocycles. The molecule has 0 radical (unpaired) electrons. The van der Waals surface area contributed by atoms with E-state index in [2.05, 4.69) is 0 Å². The lowest BCUT2D eigenvalue weighted by molar-refractivity contribution is -0.147. The lowest BCUT2D eigenvalue weighted by Crippen LogP contribution is -2.49. The molecule has 0 spiro atoms. The van der Waals surface area contributed by atoms with Crippen LogP contribution in [0.2, 0.25) is 0 Å². The molecule has 0 bridgehead atoms. The van der Waals surface area contributed by atoms with Crippen LogP contribution in [-0.4, -0.2) is 47.5 Å². The number of amides is 1. The highest BCUT2D eigenvalue weighted by Gasteiger charge is 2.34. The highest BCUT2D eigenvalue weighted by Crippen LogP contribution is 2.21. The zero-order valence-corrected chi connectivity index (χ0v) is 11.8. The third-order valence-corrected chi connectivity index (χ3v) is 3.62. The Hall–Kier alpha value is -1.92. The first kappa shape index (κ1) is 15.5. The van der Waals surface area contributed by atoms with Crippen molar-refractivity contribution < 1.29 is 23.1 Å². The molecule has 1 saturated heterocycles. The summed E-state index contributed by atoms with van der Waals surface area (Å²) in [7, 11) is 1.28. The van der Waals surface area contributed by atoms with Crippen LogP contribution < -0.4 is 0 Å². The van der Waals surface area contributed by atoms with Gasteiger partial charge in [0.25, 0.3) is 12.3 Å². The number of carbonyl (C=O) groups excluding carboxylic acids is 2. The Bertz CT molecular complexity index is 516. The molecular weight excluding hydrogens is 282 g/mol. The van der Waals surface area contributed by atoms with Crippen molar-refractivity contribution in [3.05, 3.63) is 24.0 Å². The van der Waals surface area contributed by atoms with E-state index in [0.29, 0.717) is 13.0 Å². The largest absolute Gasteiger partial charge is 0.467 e. The summed E-state index contributed by atoms with van der Waals surface area (Å²) in [4.78, 5) is 25.7. The van der Waals surface area contributed by atoms with Crippen LogP contribution in [0.3, 0.4) is 0 Å². The van der Waals surface area contributed by atoms with Gasteiger partial charge in [-0.25, -0.2) is 13.6 Å². The molecule has 1 aliphatic rings. The Morgan fingerprint density at radius 2 is 2.19 bits per heavy atom. The molecule has 5 nitrogen and oxygen atoms in total. The molecule has 1 aliphatic heterocycles. The number of rotatable bonds is 4. The molecule has 1 amide bonds. The Kier molecular flexibility index (Phi) is 4.93. The predicted octanol–water partition coefficient (Wildman–Crippen LogP) is 1.92. The van der Waals surface area contributed by atoms with E-state index >= 15 is 0 Å². The molecule has 1 unspecified atom stereocenters. The van der Waals surface area contributed by atoms with Crippen LogP contribution in [0.1, 0.15) is 29.8 Å². The summed E-state index contributed by atoms with van der Waals surface area (Å²) in [6.07, 6.45) is 1.06. The predicted molar refractivity (Wildman–Crippen MR) is 71.1 cm³/mol. The van der Waals surface area contributed by atoms with Crippen LogP contribution in [0.25, 0.3) is 0 Å². The maximum absolute atomic E-state index is 12.5. The van der Waals surface area contributed by atoms with Crippen molar-refractivity contribution in [1.29, 1.82) is 0 Å². The number of ether oxygens (including phenoxy) is 1. The molecular formula is C14H18F2N2O3. The average molecular weight is 300 g/mol. The van der Waals surface area contributed by atoms with E-state index in [1.807, 2.05) is 0 Å². The minimum absolute atomic E-state index is 0.172. The normalized spacial score (nSPS) is 18.9. The van der Waals surface area contributed by atoms with Gasteiger partial charge in [-0.05, 0) is 31.4 Å². The van der Waals surface area contributed by atoms with Crippen LogP contribution >= 0.6 is 0 Å². The Labute approximate surface area is 121 Å². The van der Waals surface area contributed by atoms with Gasteiger partial charge in [-0.1, -0.05) is 0 Å². The zero-order valence-electron chi connectivity index (χ0n) is 11.8. The molecule has 2 heterocycles. The van der Waals surface area contributed by atoms with Gasteiger partial charge in [0.15, 0.2) is 0 Å². The third-order valence-electron chi connectivity index (χ3n) is 3.62. The summed E-state index contributed by atoms with van der Waals surface area (Å²) < 4.78 is 31.0. The van der Waals surface area contributed by atoms with E-state index < -0.39 is 30.9 Å². The summed E-state index contributed by atoms with van der Waals surface area (Å²) in [5, 5.41) is 0. The van der Waals surface area contributed by atoms with E-state index in [0.717, 1.165) is 12.8 Å². The Morgan fingerprint density at radius 3 is 2.86 bits per heavy atom. The van der Waals surface area contributed by atoms with E-state index in [9.17, 15) is 18.4 Å². The standard InChI is InChI=1S/C14H18F2N2O3/c1-21-14(20)11-5-2-3-8-18(11)13(19)10-6-4-7-17(10)9-12(15)16/h4,6-7,11-12H,2-3,5,8-9H2,1H3. The fourth-order valence-corrected chi connectivity index (χ4v) is 2.62. The number of hydrogen-bond donors (Lipinski definition) is 0. The Balaban J connectivity index is 2.21. The summed E-state index contributed by atoms with van der Waals surface area (Å²) in [6.45, 7) is -0.108. The molecule has 1 atom stereocenters. The molecule has 0 N–H and O–H groups in total. The Morgan fingerprint density at radius 1 is 1.43 bits per heavy atom. The number of halogens is 2. The van der Waals surface area contributed by atoms with E-state index in [1.54, 1.807) is 6.07 Å². The van der Waals surface area contributed by atoms with Gasteiger partial charge < -0.3 is 14.2 Å². The number of carbonyl (C=O) groups is 2. The molecule has 116 valence electrons. The number of alkyl halides is 2. The van der Waals surface area contributed by atoms with Crippen molar-refractivity contribution in [2.24, 2.45) is 0 Å². The lowest BCUT2D eigenvalue weighted by Gasteiger charge is -2.33. The lowest BCUT2D eigenvalue weighted by atomic mass is 10.0. The van der Waals surface area contributed by atoms with E-state index in [1.165, 1.54) is 28.8 Å². The van der Waals surface area contributed by atoms with Gasteiger partial charge in [0.05, 0.1) is 13.7 Å². The first-order valence-electron chi connectivity index (χ1n) is 6.86. The smallest absolute Gasteiger partial charge is 0.328 e. The summed E-state index contributed by atoms with van der Waals surface area (Å²) >= 11 is 0. The molecule has 21 heavy (non-hydrogen) atoms. The average Bonchev–Trinajstić information content (AvgIpc) is 2.93. The highest BCUT2D eigenvalue weighted by molar-refractivity contribution is 5.95. The number of hydrogen-bond acceptors (Lipinski definition) is 3. The number of esters is 1. The molecule has 7 heteroatoms. The van der Waals surface area contributed by atoms with Crippen molar-refractivity contribution in [3.8, 4) is 0 Å². The summed E-state index contributed by atoms with van der Waals surface area (Å²) in [5.41, 5.74) is 0.172. The molecule has 1 fully saturated rings. The van der Waals surface area contributed by atoms with Crippen LogP contribution in [-0.2, 0) is 16.1 Å². The molecule has 0 aliphatic carbocycles. The second kappa shape index (κ2) is 6.69. The minimum atomic E-state index is -2.54. The number of nitrogens with zero attached hydrogens (tertiary/aromatic N) is 2. The fraction of sp³-hybridized carbons (Fsp3) is 0.571. The van der Waals surface area contributed by atoms with Crippen molar-refractivity contribution in [1.82, 2.24) is 9.47 Å². The van der Waals surface area contributed by atoms with Gasteiger partial charge in [0.1, 0.15) is 11.7 Å². The van der Waals surface area contributed by atoms with E-state index in [4.69, 9.17) is 4.74 Å². The van der Waals surface area contributed by atoms with Crippen LogP contribution in [0.4, 0.5) is 8.78 Å². The second-order valence-corrected chi connectivity index (χ2v) is 4.97. The maximum Gasteiger partial charge on any atom is 0.328 e. The quantitative estimate of drug-likeness (QED) is 0.798. The number of aromatic nitrogens is 1. The number of methoxy groups -OCH3 is 1. The van der Waals surface area contributed by atoms with Crippen molar-refractivity contribution in [2.45, 2.75) is 38.3 Å². The van der Waals surface area contributed by atoms with Gasteiger partial charge in [0, 0.05) is 12.7 Å². The van der Waals surface area contributed by atoms with Gasteiger partial charge in [-0.2, -0.15) is 0 Å². The fourth-order valence-electron chi connectivity index (χ4n) is 2.62. The van der Waals surface area contributed by atoms with Gasteiger partial charge in [0.2, 0.25) is 0 Å². The van der Waals surface area contributed by atoms with Crippen molar-refractivity contribution >= 4 is 11.9 Å². The monoisotopic (exact) mass is 300 g/mol. The third kappa shape index (κ3) is 3.40. The number of piperidine rings is 1. The first-order chi connectivity index (χ1) is 10.0. The van der Waals surface area contributed by atoms with Crippen molar-refractivity contribution in [3.63, 3.8) is 0 Å². The van der Waals surface area contributed by atoms with E-state index in [-0.39, 0.29) is 5.69 Å². The summed E-state index contributed by atoms with van der Waals surface area (Å²) in [6, 6.07) is 2.41. The summed E-state index contributed by atoms with van der Waals surface area (Å²) in [5.74, 6) is -0.870. The minimum Gasteiger partial charge on any atom is -0.467 e. The molecule has 2 rings (SSSR count). The molecule has 0 aromatic carbocycles. The van der Waals surface area contributed by atoms with Gasteiger partial charge in [-0.15, -0.1) is 0 Å². The second-order valence-electron chi connectivity index (χ2n) is 4.97. The van der Waals surface area contributed by atoms with Crippen LogP contribution in [0.5, 0.6) is 0 Å². The van der Waals surface area contributed by atoms with Crippen LogP contribution in [0.15, 0.2) is 18.3 Å². The molecule has 1 aromatic rings. The van der Waals surface area contributed by atoms with Gasteiger partial charge >= 0.3 is 5.97 Å². The topological polar surface area (TPSA) is 51.5 Å².